The van der Waals surface area contributed by atoms with Crippen molar-refractivity contribution in [2.45, 2.75) is 77.7 Å². The number of hydrogen-bond acceptors (Lipinski definition) is 1. The van der Waals surface area contributed by atoms with Gasteiger partial charge >= 0.3 is 0 Å². The molecule has 4 rings (SSSR count). The zero-order chi connectivity index (χ0) is 19.7. The molecule has 0 saturated heterocycles. The molecule has 0 bridgehead atoms. The predicted molar refractivity (Wildman–Crippen MR) is 121 cm³/mol. The summed E-state index contributed by atoms with van der Waals surface area (Å²) >= 11 is 0. The van der Waals surface area contributed by atoms with Crippen molar-refractivity contribution >= 4 is 5.57 Å². The third kappa shape index (κ3) is 3.96. The van der Waals surface area contributed by atoms with Gasteiger partial charge in [0.1, 0.15) is 0 Å². The van der Waals surface area contributed by atoms with E-state index in [4.69, 9.17) is 5.73 Å². The van der Waals surface area contributed by atoms with Crippen molar-refractivity contribution in [3.63, 3.8) is 0 Å². The molecular weight excluding hydrogens is 338 g/mol. The minimum Gasteiger partial charge on any atom is -0.328 e. The van der Waals surface area contributed by atoms with Crippen LogP contribution in [0, 0.1) is 12.8 Å². The lowest BCUT2D eigenvalue weighted by atomic mass is 9.76. The zero-order valence-electron chi connectivity index (χ0n) is 17.8. The Bertz CT molecular complexity index is 848. The van der Waals surface area contributed by atoms with Crippen LogP contribution in [0.4, 0.5) is 0 Å². The Morgan fingerprint density at radius 1 is 0.893 bits per heavy atom. The van der Waals surface area contributed by atoms with Crippen LogP contribution in [0.5, 0.6) is 0 Å². The van der Waals surface area contributed by atoms with Gasteiger partial charge in [-0.05, 0) is 91.5 Å². The van der Waals surface area contributed by atoms with Crippen molar-refractivity contribution in [3.05, 3.63) is 75.9 Å². The molecule has 2 aliphatic carbocycles. The van der Waals surface area contributed by atoms with Crippen LogP contribution in [-0.4, -0.2) is 6.04 Å². The molecule has 1 fully saturated rings. The summed E-state index contributed by atoms with van der Waals surface area (Å²) in [6.45, 7) is 6.76. The molecule has 2 aromatic rings. The predicted octanol–water partition coefficient (Wildman–Crippen LogP) is 6.77. The van der Waals surface area contributed by atoms with Crippen molar-refractivity contribution in [3.8, 4) is 0 Å². The van der Waals surface area contributed by atoms with Gasteiger partial charge in [-0.15, -0.1) is 0 Å². The highest BCUT2D eigenvalue weighted by atomic mass is 14.6. The quantitative estimate of drug-likeness (QED) is 0.631. The molecule has 2 aliphatic rings. The van der Waals surface area contributed by atoms with Gasteiger partial charge in [0.2, 0.25) is 0 Å². The summed E-state index contributed by atoms with van der Waals surface area (Å²) in [6, 6.07) is 16.9. The average molecular weight is 374 g/mol. The van der Waals surface area contributed by atoms with Gasteiger partial charge in [-0.3, -0.25) is 0 Å². The normalized spacial score (nSPS) is 22.9. The summed E-state index contributed by atoms with van der Waals surface area (Å²) < 4.78 is 0. The van der Waals surface area contributed by atoms with Gasteiger partial charge in [0, 0.05) is 6.04 Å². The van der Waals surface area contributed by atoms with Crippen LogP contribution in [0.3, 0.4) is 0 Å². The Morgan fingerprint density at radius 3 is 2.29 bits per heavy atom. The number of allylic oxidation sites excluding steroid dienone is 1. The van der Waals surface area contributed by atoms with Crippen molar-refractivity contribution in [1.29, 1.82) is 0 Å². The summed E-state index contributed by atoms with van der Waals surface area (Å²) in [5, 5.41) is 0. The molecule has 0 aromatic heterocycles. The minimum atomic E-state index is 0.409. The molecule has 1 saturated carbocycles. The highest BCUT2D eigenvalue weighted by Gasteiger charge is 2.27. The molecule has 2 N–H and O–H groups in total. The topological polar surface area (TPSA) is 26.0 Å². The second-order valence-corrected chi connectivity index (χ2v) is 9.30. The largest absolute Gasteiger partial charge is 0.328 e. The molecule has 28 heavy (non-hydrogen) atoms. The first-order chi connectivity index (χ1) is 13.5. The molecule has 0 unspecified atom stereocenters. The third-order valence-electron chi connectivity index (χ3n) is 6.87. The van der Waals surface area contributed by atoms with E-state index in [1.54, 1.807) is 5.57 Å². The van der Waals surface area contributed by atoms with Gasteiger partial charge in [-0.1, -0.05) is 67.4 Å². The summed E-state index contributed by atoms with van der Waals surface area (Å²) in [5.74, 6) is 1.28. The lowest BCUT2D eigenvalue weighted by Gasteiger charge is -2.30. The van der Waals surface area contributed by atoms with Gasteiger partial charge in [0.05, 0.1) is 0 Å². The van der Waals surface area contributed by atoms with Crippen LogP contribution in [0.1, 0.15) is 86.1 Å². The van der Waals surface area contributed by atoms with E-state index in [9.17, 15) is 0 Å². The van der Waals surface area contributed by atoms with Crippen LogP contribution >= 0.6 is 0 Å². The van der Waals surface area contributed by atoms with Gasteiger partial charge in [-0.2, -0.15) is 0 Å². The second-order valence-electron chi connectivity index (χ2n) is 9.30. The van der Waals surface area contributed by atoms with E-state index in [0.29, 0.717) is 17.9 Å². The smallest absolute Gasteiger partial charge is 0.00392 e. The summed E-state index contributed by atoms with van der Waals surface area (Å²) in [4.78, 5) is 0. The maximum absolute atomic E-state index is 6.23. The fourth-order valence-corrected chi connectivity index (χ4v) is 5.19. The molecule has 0 heterocycles. The fraction of sp³-hybridized carbons (Fsp3) is 0.481. The summed E-state index contributed by atoms with van der Waals surface area (Å²) in [7, 11) is 0. The van der Waals surface area contributed by atoms with E-state index in [-0.39, 0.29) is 0 Å². The maximum Gasteiger partial charge on any atom is 0.00392 e. The summed E-state index contributed by atoms with van der Waals surface area (Å²) in [5.41, 5.74) is 16.7. The van der Waals surface area contributed by atoms with Crippen LogP contribution < -0.4 is 5.73 Å². The van der Waals surface area contributed by atoms with E-state index < -0.39 is 0 Å². The van der Waals surface area contributed by atoms with Crippen LogP contribution in [0.2, 0.25) is 0 Å². The molecule has 1 nitrogen and oxygen atoms in total. The van der Waals surface area contributed by atoms with Crippen LogP contribution in [-0.2, 0) is 6.42 Å². The highest BCUT2D eigenvalue weighted by Crippen LogP contribution is 2.42. The van der Waals surface area contributed by atoms with Crippen LogP contribution in [0.15, 0.2) is 48.0 Å². The average Bonchev–Trinajstić information content (AvgIpc) is 2.87. The monoisotopic (exact) mass is 373 g/mol. The molecule has 0 radical (unpaired) electrons. The standard InChI is InChI=1S/C27H35N/c1-18(2)20-8-10-22(11-9-20)27-25(21-12-14-24(28)15-13-21)6-4-5-23-17-19(3)7-16-26(23)27/h7-11,16-18,21,24H,4-6,12-15,28H2,1-3H3. The van der Waals surface area contributed by atoms with Gasteiger partial charge in [-0.25, -0.2) is 0 Å². The zero-order valence-corrected chi connectivity index (χ0v) is 17.8. The fourth-order valence-electron chi connectivity index (χ4n) is 5.19. The van der Waals surface area contributed by atoms with Crippen LogP contribution in [0.25, 0.3) is 5.57 Å². The Balaban J connectivity index is 1.84. The molecular formula is C27H35N. The van der Waals surface area contributed by atoms with Crippen molar-refractivity contribution in [1.82, 2.24) is 0 Å². The number of aryl methyl sites for hydroxylation is 2. The molecule has 0 atom stereocenters. The molecule has 2 aromatic carbocycles. The van der Waals surface area contributed by atoms with E-state index in [0.717, 1.165) is 0 Å². The number of benzene rings is 2. The first-order valence-corrected chi connectivity index (χ1v) is 11.2. The SMILES string of the molecule is Cc1ccc2c(c1)CCCC(C1CCC(N)CC1)=C2c1ccc(C(C)C)cc1. The van der Waals surface area contributed by atoms with Crippen molar-refractivity contribution in [2.75, 3.05) is 0 Å². The van der Waals surface area contributed by atoms with E-state index >= 15 is 0 Å². The lowest BCUT2D eigenvalue weighted by Crippen LogP contribution is -2.27. The maximum atomic E-state index is 6.23. The third-order valence-corrected chi connectivity index (χ3v) is 6.87. The van der Waals surface area contributed by atoms with Gasteiger partial charge in [0.25, 0.3) is 0 Å². The molecule has 148 valence electrons. The Kier molecular flexibility index (Phi) is 5.73. The Labute approximate surface area is 171 Å². The minimum absolute atomic E-state index is 0.409. The summed E-state index contributed by atoms with van der Waals surface area (Å²) in [6.07, 6.45) is 8.55. The molecule has 0 aliphatic heterocycles. The first-order valence-electron chi connectivity index (χ1n) is 11.2. The van der Waals surface area contributed by atoms with Gasteiger partial charge < -0.3 is 5.73 Å². The number of nitrogens with two attached hydrogens (primary N) is 1. The second kappa shape index (κ2) is 8.25. The molecule has 0 amide bonds. The lowest BCUT2D eigenvalue weighted by molar-refractivity contribution is 0.357. The van der Waals surface area contributed by atoms with E-state index in [1.165, 1.54) is 78.3 Å². The molecule has 0 spiro atoms. The van der Waals surface area contributed by atoms with Crippen molar-refractivity contribution < 1.29 is 0 Å². The van der Waals surface area contributed by atoms with Crippen molar-refractivity contribution in [2.24, 2.45) is 11.7 Å². The number of fused-ring (bicyclic) bond motifs is 1. The van der Waals surface area contributed by atoms with E-state index in [2.05, 4.69) is 63.2 Å². The highest BCUT2D eigenvalue weighted by molar-refractivity contribution is 5.84. The Morgan fingerprint density at radius 2 is 1.61 bits per heavy atom. The first kappa shape index (κ1) is 19.5. The number of rotatable bonds is 3. The number of hydrogen-bond donors (Lipinski definition) is 1. The Hall–Kier alpha value is -1.86. The molecule has 1 heteroatoms. The van der Waals surface area contributed by atoms with Gasteiger partial charge in [0.15, 0.2) is 0 Å². The van der Waals surface area contributed by atoms with E-state index in [1.807, 2.05) is 0 Å².